The summed E-state index contributed by atoms with van der Waals surface area (Å²) >= 11 is 1.65. The summed E-state index contributed by atoms with van der Waals surface area (Å²) in [5.74, 6) is 1.60. The van der Waals surface area contributed by atoms with Gasteiger partial charge >= 0.3 is 0 Å². The number of aliphatic hydroxyl groups is 1. The number of thiophene rings is 1. The maximum Gasteiger partial charge on any atom is 0.174 e. The second-order valence-electron chi connectivity index (χ2n) is 3.67. The molecule has 1 N–H and O–H groups in total. The van der Waals surface area contributed by atoms with Gasteiger partial charge in [0.05, 0.1) is 4.88 Å². The fourth-order valence-corrected chi connectivity index (χ4v) is 2.66. The predicted molar refractivity (Wildman–Crippen MR) is 57.5 cm³/mol. The molecule has 1 aliphatic rings. The van der Waals surface area contributed by atoms with E-state index in [-0.39, 0.29) is 0 Å². The molecule has 0 amide bonds. The monoisotopic (exact) mass is 221 g/mol. The van der Waals surface area contributed by atoms with Crippen LogP contribution in [0.3, 0.4) is 0 Å². The van der Waals surface area contributed by atoms with E-state index >= 15 is 0 Å². The van der Waals surface area contributed by atoms with Crippen LogP contribution in [0, 0.1) is 0 Å². The van der Waals surface area contributed by atoms with Gasteiger partial charge in [0.2, 0.25) is 0 Å². The van der Waals surface area contributed by atoms with Crippen LogP contribution in [-0.2, 0) is 6.54 Å². The van der Waals surface area contributed by atoms with Crippen LogP contribution in [0.4, 0.5) is 0 Å². The quantitative estimate of drug-likeness (QED) is 0.799. The van der Waals surface area contributed by atoms with Crippen molar-refractivity contribution in [1.82, 2.24) is 14.8 Å². The van der Waals surface area contributed by atoms with E-state index in [0.717, 1.165) is 30.1 Å². The lowest BCUT2D eigenvalue weighted by Crippen LogP contribution is -2.16. The average molecular weight is 221 g/mol. The summed E-state index contributed by atoms with van der Waals surface area (Å²) < 4.78 is 2.03. The van der Waals surface area contributed by atoms with E-state index in [9.17, 15) is 5.11 Å². The highest BCUT2D eigenvalue weighted by Crippen LogP contribution is 2.30. The van der Waals surface area contributed by atoms with Crippen molar-refractivity contribution < 1.29 is 5.11 Å². The van der Waals surface area contributed by atoms with Gasteiger partial charge in [-0.2, -0.15) is 0 Å². The van der Waals surface area contributed by atoms with Gasteiger partial charge in [-0.1, -0.05) is 6.07 Å². The van der Waals surface area contributed by atoms with E-state index in [0.29, 0.717) is 5.82 Å². The molecule has 2 aromatic rings. The Hall–Kier alpha value is -1.20. The zero-order valence-corrected chi connectivity index (χ0v) is 8.94. The van der Waals surface area contributed by atoms with Gasteiger partial charge in [0, 0.05) is 6.54 Å². The Morgan fingerprint density at radius 2 is 2.40 bits per heavy atom. The highest BCUT2D eigenvalue weighted by Gasteiger charge is 2.23. The molecule has 0 radical (unpaired) electrons. The van der Waals surface area contributed by atoms with E-state index in [1.54, 1.807) is 11.3 Å². The van der Waals surface area contributed by atoms with Gasteiger partial charge in [-0.3, -0.25) is 0 Å². The molecular weight excluding hydrogens is 210 g/mol. The smallest absolute Gasteiger partial charge is 0.174 e. The van der Waals surface area contributed by atoms with Crippen LogP contribution in [-0.4, -0.2) is 19.9 Å². The fraction of sp³-hybridized carbons (Fsp3) is 0.400. The number of fused-ring (bicyclic) bond motifs is 1. The Labute approximate surface area is 91.2 Å². The molecule has 1 atom stereocenters. The second kappa shape index (κ2) is 3.43. The number of nitrogens with zero attached hydrogens (tertiary/aromatic N) is 3. The molecule has 0 saturated heterocycles. The third-order valence-corrected chi connectivity index (χ3v) is 3.54. The first-order valence-corrected chi connectivity index (χ1v) is 5.89. The van der Waals surface area contributed by atoms with Crippen molar-refractivity contribution in [2.24, 2.45) is 0 Å². The fourth-order valence-electron chi connectivity index (χ4n) is 1.94. The Morgan fingerprint density at radius 1 is 1.47 bits per heavy atom. The van der Waals surface area contributed by atoms with Crippen molar-refractivity contribution in [3.05, 3.63) is 23.3 Å². The topological polar surface area (TPSA) is 50.9 Å². The predicted octanol–water partition coefficient (Wildman–Crippen LogP) is 1.83. The molecule has 3 heterocycles. The molecule has 1 aliphatic heterocycles. The third kappa shape index (κ3) is 1.39. The first-order valence-electron chi connectivity index (χ1n) is 5.01. The van der Waals surface area contributed by atoms with Crippen molar-refractivity contribution >= 4 is 11.3 Å². The van der Waals surface area contributed by atoms with Crippen molar-refractivity contribution in [2.45, 2.75) is 25.5 Å². The van der Waals surface area contributed by atoms with Crippen LogP contribution >= 0.6 is 11.3 Å². The van der Waals surface area contributed by atoms with E-state index in [1.807, 2.05) is 22.1 Å². The molecule has 0 aliphatic carbocycles. The van der Waals surface area contributed by atoms with E-state index in [1.165, 1.54) is 0 Å². The van der Waals surface area contributed by atoms with Crippen molar-refractivity contribution in [1.29, 1.82) is 0 Å². The number of aromatic nitrogens is 3. The van der Waals surface area contributed by atoms with Crippen molar-refractivity contribution in [3.8, 4) is 10.7 Å². The molecule has 0 fully saturated rings. The molecule has 1 unspecified atom stereocenters. The Morgan fingerprint density at radius 3 is 3.20 bits per heavy atom. The third-order valence-electron chi connectivity index (χ3n) is 2.68. The van der Waals surface area contributed by atoms with Gasteiger partial charge in [0.15, 0.2) is 11.6 Å². The molecule has 5 heteroatoms. The lowest BCUT2D eigenvalue weighted by Gasteiger charge is -2.18. The summed E-state index contributed by atoms with van der Waals surface area (Å²) in [6.45, 7) is 0.909. The molecule has 0 spiro atoms. The Balaban J connectivity index is 2.11. The zero-order valence-electron chi connectivity index (χ0n) is 8.13. The van der Waals surface area contributed by atoms with Gasteiger partial charge in [-0.05, 0) is 24.3 Å². The molecule has 3 rings (SSSR count). The lowest BCUT2D eigenvalue weighted by atomic mass is 10.1. The minimum absolute atomic E-state index is 0.444. The van der Waals surface area contributed by atoms with Gasteiger partial charge in [-0.25, -0.2) is 0 Å². The van der Waals surface area contributed by atoms with Gasteiger partial charge in [0.25, 0.3) is 0 Å². The molecule has 78 valence electrons. The first-order chi connectivity index (χ1) is 7.36. The zero-order chi connectivity index (χ0) is 10.3. The molecule has 4 nitrogen and oxygen atoms in total. The number of rotatable bonds is 1. The molecular formula is C10H11N3OS. The van der Waals surface area contributed by atoms with Crippen LogP contribution in [0.25, 0.3) is 10.7 Å². The molecule has 0 saturated carbocycles. The first kappa shape index (κ1) is 9.06. The minimum atomic E-state index is -0.444. The molecule has 0 bridgehead atoms. The summed E-state index contributed by atoms with van der Waals surface area (Å²) in [7, 11) is 0. The van der Waals surface area contributed by atoms with Crippen molar-refractivity contribution in [2.75, 3.05) is 0 Å². The lowest BCUT2D eigenvalue weighted by molar-refractivity contribution is 0.134. The molecule has 2 aromatic heterocycles. The molecule has 0 aromatic carbocycles. The normalized spacial score (nSPS) is 20.2. The largest absolute Gasteiger partial charge is 0.385 e. The van der Waals surface area contributed by atoms with Crippen LogP contribution in [0.5, 0.6) is 0 Å². The van der Waals surface area contributed by atoms with E-state index < -0.39 is 6.10 Å². The number of aliphatic hydroxyl groups excluding tert-OH is 1. The van der Waals surface area contributed by atoms with Gasteiger partial charge in [-0.15, -0.1) is 21.5 Å². The Bertz CT molecular complexity index is 463. The highest BCUT2D eigenvalue weighted by atomic mass is 32.1. The number of hydrogen-bond donors (Lipinski definition) is 1. The van der Waals surface area contributed by atoms with Crippen LogP contribution in [0.1, 0.15) is 24.8 Å². The van der Waals surface area contributed by atoms with Gasteiger partial charge in [0.1, 0.15) is 6.10 Å². The van der Waals surface area contributed by atoms with Crippen LogP contribution in [0.15, 0.2) is 17.5 Å². The van der Waals surface area contributed by atoms with E-state index in [2.05, 4.69) is 10.2 Å². The summed E-state index contributed by atoms with van der Waals surface area (Å²) in [5, 5.41) is 20.0. The number of hydrogen-bond acceptors (Lipinski definition) is 4. The average Bonchev–Trinajstić information content (AvgIpc) is 2.85. The SMILES string of the molecule is OC1CCCn2c(-c3cccs3)nnc21. The van der Waals surface area contributed by atoms with Crippen LogP contribution in [0.2, 0.25) is 0 Å². The van der Waals surface area contributed by atoms with Crippen LogP contribution < -0.4 is 0 Å². The minimum Gasteiger partial charge on any atom is -0.385 e. The summed E-state index contributed by atoms with van der Waals surface area (Å²) in [6, 6.07) is 4.03. The summed E-state index contributed by atoms with van der Waals surface area (Å²) in [5.41, 5.74) is 0. The maximum absolute atomic E-state index is 9.75. The maximum atomic E-state index is 9.75. The second-order valence-corrected chi connectivity index (χ2v) is 4.62. The standard InChI is InChI=1S/C10H11N3OS/c14-7-3-1-5-13-9(7)11-12-10(13)8-4-2-6-15-8/h2,4,6-7,14H,1,3,5H2. The summed E-state index contributed by atoms with van der Waals surface area (Å²) in [6.07, 6.45) is 1.34. The molecule has 15 heavy (non-hydrogen) atoms. The van der Waals surface area contributed by atoms with Crippen molar-refractivity contribution in [3.63, 3.8) is 0 Å². The highest BCUT2D eigenvalue weighted by molar-refractivity contribution is 7.13. The van der Waals surface area contributed by atoms with E-state index in [4.69, 9.17) is 0 Å². The van der Waals surface area contributed by atoms with Gasteiger partial charge < -0.3 is 9.67 Å². The summed E-state index contributed by atoms with van der Waals surface area (Å²) in [4.78, 5) is 1.11. The Kier molecular flexibility index (Phi) is 2.07.